The Bertz CT molecular complexity index is 725. The van der Waals surface area contributed by atoms with E-state index in [2.05, 4.69) is 18.4 Å². The number of hydrogen-bond donors (Lipinski definition) is 1. The standard InChI is InChI=1S/C19H21NO3S/c1-13-8-10-24-18(13)15-11-16(15)19(23)20(12-17(21)22)9-7-14-5-3-2-4-6-14/h2-6,8,10,15-16H,7,9,11-12H2,1H3,(H,21,22). The first-order valence-corrected chi connectivity index (χ1v) is 9.02. The van der Waals surface area contributed by atoms with Gasteiger partial charge in [-0.05, 0) is 42.3 Å². The van der Waals surface area contributed by atoms with E-state index in [0.29, 0.717) is 13.0 Å². The highest BCUT2D eigenvalue weighted by molar-refractivity contribution is 7.10. The van der Waals surface area contributed by atoms with Crippen LogP contribution in [0.3, 0.4) is 0 Å². The van der Waals surface area contributed by atoms with Crippen molar-refractivity contribution < 1.29 is 14.7 Å². The summed E-state index contributed by atoms with van der Waals surface area (Å²) in [5.41, 5.74) is 2.34. The summed E-state index contributed by atoms with van der Waals surface area (Å²) in [7, 11) is 0. The zero-order chi connectivity index (χ0) is 17.1. The molecule has 3 rings (SSSR count). The number of hydrogen-bond acceptors (Lipinski definition) is 3. The second-order valence-electron chi connectivity index (χ2n) is 6.31. The normalized spacial score (nSPS) is 19.0. The second-order valence-corrected chi connectivity index (χ2v) is 7.25. The Morgan fingerprint density at radius 1 is 1.25 bits per heavy atom. The summed E-state index contributed by atoms with van der Waals surface area (Å²) in [6.07, 6.45) is 1.51. The molecule has 1 amide bonds. The summed E-state index contributed by atoms with van der Waals surface area (Å²) < 4.78 is 0. The van der Waals surface area contributed by atoms with E-state index in [1.807, 2.05) is 30.3 Å². The Hall–Kier alpha value is -2.14. The van der Waals surface area contributed by atoms with Crippen molar-refractivity contribution in [1.29, 1.82) is 0 Å². The van der Waals surface area contributed by atoms with Gasteiger partial charge in [-0.3, -0.25) is 9.59 Å². The van der Waals surface area contributed by atoms with E-state index in [-0.39, 0.29) is 24.3 Å². The van der Waals surface area contributed by atoms with Gasteiger partial charge in [-0.15, -0.1) is 11.3 Å². The smallest absolute Gasteiger partial charge is 0.323 e. The predicted molar refractivity (Wildman–Crippen MR) is 94.3 cm³/mol. The highest BCUT2D eigenvalue weighted by Crippen LogP contribution is 2.51. The lowest BCUT2D eigenvalue weighted by molar-refractivity contribution is -0.145. The number of benzene rings is 1. The topological polar surface area (TPSA) is 57.6 Å². The quantitative estimate of drug-likeness (QED) is 0.839. The van der Waals surface area contributed by atoms with Gasteiger partial charge >= 0.3 is 5.97 Å². The fraction of sp³-hybridized carbons (Fsp3) is 0.368. The van der Waals surface area contributed by atoms with Crippen molar-refractivity contribution >= 4 is 23.2 Å². The van der Waals surface area contributed by atoms with Crippen molar-refractivity contribution in [3.8, 4) is 0 Å². The Kier molecular flexibility index (Phi) is 5.00. The first kappa shape index (κ1) is 16.7. The molecule has 1 heterocycles. The lowest BCUT2D eigenvalue weighted by Gasteiger charge is -2.21. The van der Waals surface area contributed by atoms with Crippen molar-refractivity contribution in [2.75, 3.05) is 13.1 Å². The summed E-state index contributed by atoms with van der Waals surface area (Å²) >= 11 is 1.69. The number of amides is 1. The number of thiophene rings is 1. The van der Waals surface area contributed by atoms with Gasteiger partial charge in [0.2, 0.25) is 5.91 Å². The molecule has 0 radical (unpaired) electrons. The summed E-state index contributed by atoms with van der Waals surface area (Å²) in [6, 6.07) is 11.9. The number of nitrogens with zero attached hydrogens (tertiary/aromatic N) is 1. The Morgan fingerprint density at radius 3 is 2.62 bits per heavy atom. The zero-order valence-electron chi connectivity index (χ0n) is 13.6. The fourth-order valence-electron chi connectivity index (χ4n) is 3.10. The largest absolute Gasteiger partial charge is 0.480 e. The molecule has 1 N–H and O–H groups in total. The van der Waals surface area contributed by atoms with Crippen LogP contribution in [0.4, 0.5) is 0 Å². The van der Waals surface area contributed by atoms with Gasteiger partial charge in [0.15, 0.2) is 0 Å². The molecule has 1 aliphatic carbocycles. The van der Waals surface area contributed by atoms with Gasteiger partial charge in [-0.25, -0.2) is 0 Å². The van der Waals surface area contributed by atoms with E-state index in [1.165, 1.54) is 15.3 Å². The fourth-order valence-corrected chi connectivity index (χ4v) is 4.20. The average molecular weight is 343 g/mol. The van der Waals surface area contributed by atoms with E-state index in [4.69, 9.17) is 5.11 Å². The number of rotatable bonds is 7. The number of carboxylic acids is 1. The first-order valence-electron chi connectivity index (χ1n) is 8.14. The minimum absolute atomic E-state index is 0.0221. The summed E-state index contributed by atoms with van der Waals surface area (Å²) in [6.45, 7) is 2.29. The van der Waals surface area contributed by atoms with Gasteiger partial charge in [0.1, 0.15) is 6.54 Å². The molecular formula is C19H21NO3S. The molecule has 1 saturated carbocycles. The molecular weight excluding hydrogens is 322 g/mol. The molecule has 0 saturated heterocycles. The number of aliphatic carboxylic acids is 1. The van der Waals surface area contributed by atoms with Crippen LogP contribution in [0.5, 0.6) is 0 Å². The Labute approximate surface area is 145 Å². The van der Waals surface area contributed by atoms with Gasteiger partial charge < -0.3 is 10.0 Å². The van der Waals surface area contributed by atoms with Gasteiger partial charge in [-0.1, -0.05) is 30.3 Å². The van der Waals surface area contributed by atoms with Crippen LogP contribution in [0.25, 0.3) is 0 Å². The molecule has 5 heteroatoms. The van der Waals surface area contributed by atoms with Gasteiger partial charge in [0.05, 0.1) is 0 Å². The molecule has 1 aromatic heterocycles. The Morgan fingerprint density at radius 2 is 2.00 bits per heavy atom. The minimum atomic E-state index is -0.957. The molecule has 1 aliphatic rings. The predicted octanol–water partition coefficient (Wildman–Crippen LogP) is 3.32. The van der Waals surface area contributed by atoms with Crippen LogP contribution >= 0.6 is 11.3 Å². The molecule has 2 atom stereocenters. The molecule has 2 unspecified atom stereocenters. The van der Waals surface area contributed by atoms with Gasteiger partial charge in [0.25, 0.3) is 0 Å². The number of aryl methyl sites for hydroxylation is 1. The SMILES string of the molecule is Cc1ccsc1C1CC1C(=O)N(CCc1ccccc1)CC(=O)O. The second kappa shape index (κ2) is 7.18. The highest BCUT2D eigenvalue weighted by Gasteiger charge is 2.47. The molecule has 126 valence electrons. The van der Waals surface area contributed by atoms with E-state index in [1.54, 1.807) is 11.3 Å². The zero-order valence-corrected chi connectivity index (χ0v) is 14.5. The number of carboxylic acid groups (broad SMARTS) is 1. The van der Waals surface area contributed by atoms with Crippen LogP contribution in [0.1, 0.15) is 28.3 Å². The van der Waals surface area contributed by atoms with Crippen molar-refractivity contribution in [3.63, 3.8) is 0 Å². The monoisotopic (exact) mass is 343 g/mol. The Balaban J connectivity index is 1.64. The lowest BCUT2D eigenvalue weighted by atomic mass is 10.1. The minimum Gasteiger partial charge on any atom is -0.480 e. The third kappa shape index (κ3) is 3.85. The maximum absolute atomic E-state index is 12.7. The van der Waals surface area contributed by atoms with E-state index in [9.17, 15) is 9.59 Å². The van der Waals surface area contributed by atoms with Crippen LogP contribution in [0.15, 0.2) is 41.8 Å². The van der Waals surface area contributed by atoms with E-state index in [0.717, 1.165) is 12.0 Å². The van der Waals surface area contributed by atoms with Crippen LogP contribution in [-0.2, 0) is 16.0 Å². The average Bonchev–Trinajstić information content (AvgIpc) is 3.25. The molecule has 0 bridgehead atoms. The molecule has 2 aromatic rings. The third-order valence-electron chi connectivity index (χ3n) is 4.50. The van der Waals surface area contributed by atoms with Gasteiger partial charge in [0, 0.05) is 23.3 Å². The molecule has 1 fully saturated rings. The van der Waals surface area contributed by atoms with E-state index >= 15 is 0 Å². The van der Waals surface area contributed by atoms with E-state index < -0.39 is 5.97 Å². The van der Waals surface area contributed by atoms with Crippen molar-refractivity contribution in [1.82, 2.24) is 4.90 Å². The van der Waals surface area contributed by atoms with Crippen LogP contribution < -0.4 is 0 Å². The van der Waals surface area contributed by atoms with Crippen molar-refractivity contribution in [2.24, 2.45) is 5.92 Å². The van der Waals surface area contributed by atoms with Crippen LogP contribution in [0.2, 0.25) is 0 Å². The van der Waals surface area contributed by atoms with Crippen LogP contribution in [0, 0.1) is 12.8 Å². The number of carbonyl (C=O) groups excluding carboxylic acids is 1. The maximum atomic E-state index is 12.7. The number of carbonyl (C=O) groups is 2. The summed E-state index contributed by atoms with van der Waals surface area (Å²) in [5, 5.41) is 11.2. The molecule has 4 nitrogen and oxygen atoms in total. The molecule has 1 aromatic carbocycles. The third-order valence-corrected chi connectivity index (χ3v) is 5.65. The molecule has 24 heavy (non-hydrogen) atoms. The highest BCUT2D eigenvalue weighted by atomic mass is 32.1. The maximum Gasteiger partial charge on any atom is 0.323 e. The van der Waals surface area contributed by atoms with Gasteiger partial charge in [-0.2, -0.15) is 0 Å². The first-order chi connectivity index (χ1) is 11.6. The van der Waals surface area contributed by atoms with Crippen LogP contribution in [-0.4, -0.2) is 35.0 Å². The summed E-state index contributed by atoms with van der Waals surface area (Å²) in [4.78, 5) is 26.7. The molecule has 0 spiro atoms. The van der Waals surface area contributed by atoms with Crippen molar-refractivity contribution in [3.05, 3.63) is 57.8 Å². The lowest BCUT2D eigenvalue weighted by Crippen LogP contribution is -2.38. The summed E-state index contributed by atoms with van der Waals surface area (Å²) in [5.74, 6) is -0.768. The van der Waals surface area contributed by atoms with Crippen molar-refractivity contribution in [2.45, 2.75) is 25.7 Å². The molecule has 0 aliphatic heterocycles.